The molecule has 0 spiro atoms. The molecule has 1 unspecified atom stereocenters. The lowest BCUT2D eigenvalue weighted by Crippen LogP contribution is -2.20. The number of phenols is 2. The number of aromatic hydroxyl groups is 2. The van der Waals surface area contributed by atoms with E-state index in [1.165, 1.54) is 11.6 Å². The molecule has 0 saturated heterocycles. The number of aromatic nitrogens is 2. The second-order valence-electron chi connectivity index (χ2n) is 5.08. The van der Waals surface area contributed by atoms with E-state index in [4.69, 9.17) is 0 Å². The van der Waals surface area contributed by atoms with Gasteiger partial charge < -0.3 is 15.5 Å². The standard InChI is InChI=1S/C15H21N3O2/c1-10(13-6-14(19)8-15(20)7-13)16-5-3-4-12-9-17-18-11(12)2/h6-10,16,19-20H,3-5H2,1-2H3,(H,17,18). The van der Waals surface area contributed by atoms with Crippen LogP contribution in [0.3, 0.4) is 0 Å². The molecular weight excluding hydrogens is 254 g/mol. The van der Waals surface area contributed by atoms with E-state index in [1.807, 2.05) is 20.0 Å². The first-order chi connectivity index (χ1) is 9.56. The summed E-state index contributed by atoms with van der Waals surface area (Å²) in [5.41, 5.74) is 3.24. The summed E-state index contributed by atoms with van der Waals surface area (Å²) in [5, 5.41) is 29.3. The van der Waals surface area contributed by atoms with Gasteiger partial charge in [-0.25, -0.2) is 0 Å². The van der Waals surface area contributed by atoms with E-state index < -0.39 is 0 Å². The molecule has 0 aliphatic carbocycles. The number of nitrogens with zero attached hydrogens (tertiary/aromatic N) is 1. The molecule has 5 heteroatoms. The van der Waals surface area contributed by atoms with Gasteiger partial charge in [0.15, 0.2) is 0 Å². The maximum absolute atomic E-state index is 9.47. The fraction of sp³-hybridized carbons (Fsp3) is 0.400. The number of rotatable bonds is 6. The van der Waals surface area contributed by atoms with Crippen molar-refractivity contribution in [2.75, 3.05) is 6.54 Å². The quantitative estimate of drug-likeness (QED) is 0.610. The van der Waals surface area contributed by atoms with Gasteiger partial charge in [-0.3, -0.25) is 5.10 Å². The molecule has 4 N–H and O–H groups in total. The number of aromatic amines is 1. The Morgan fingerprint density at radius 1 is 1.25 bits per heavy atom. The molecule has 1 aromatic heterocycles. The van der Waals surface area contributed by atoms with Crippen LogP contribution in [0.15, 0.2) is 24.4 Å². The molecule has 5 nitrogen and oxygen atoms in total. The van der Waals surface area contributed by atoms with E-state index in [2.05, 4.69) is 15.5 Å². The summed E-state index contributed by atoms with van der Waals surface area (Å²) in [5.74, 6) is 0.172. The molecule has 0 aliphatic heterocycles. The molecule has 108 valence electrons. The van der Waals surface area contributed by atoms with Gasteiger partial charge in [-0.15, -0.1) is 0 Å². The first-order valence-corrected chi connectivity index (χ1v) is 6.81. The first kappa shape index (κ1) is 14.4. The van der Waals surface area contributed by atoms with Crippen molar-refractivity contribution in [1.82, 2.24) is 15.5 Å². The van der Waals surface area contributed by atoms with Crippen molar-refractivity contribution in [3.8, 4) is 11.5 Å². The third kappa shape index (κ3) is 3.74. The Balaban J connectivity index is 1.80. The lowest BCUT2D eigenvalue weighted by molar-refractivity contribution is 0.446. The number of nitrogens with one attached hydrogen (secondary N) is 2. The van der Waals surface area contributed by atoms with Crippen LogP contribution in [0.25, 0.3) is 0 Å². The Morgan fingerprint density at radius 3 is 2.55 bits per heavy atom. The van der Waals surface area contributed by atoms with Crippen LogP contribution in [0, 0.1) is 6.92 Å². The third-order valence-corrected chi connectivity index (χ3v) is 3.43. The molecule has 0 amide bonds. The third-order valence-electron chi connectivity index (χ3n) is 3.43. The van der Waals surface area contributed by atoms with Crippen molar-refractivity contribution < 1.29 is 10.2 Å². The van der Waals surface area contributed by atoms with Crippen LogP contribution in [0.1, 0.15) is 36.2 Å². The number of H-pyrrole nitrogens is 1. The molecule has 1 aromatic carbocycles. The average Bonchev–Trinajstić information content (AvgIpc) is 2.79. The molecule has 1 heterocycles. The highest BCUT2D eigenvalue weighted by Crippen LogP contribution is 2.24. The highest BCUT2D eigenvalue weighted by Gasteiger charge is 2.07. The predicted octanol–water partition coefficient (Wildman–Crippen LogP) is 2.41. The number of benzene rings is 1. The van der Waals surface area contributed by atoms with E-state index in [1.54, 1.807) is 12.1 Å². The van der Waals surface area contributed by atoms with Crippen molar-refractivity contribution in [2.24, 2.45) is 0 Å². The molecule has 0 bridgehead atoms. The van der Waals surface area contributed by atoms with Crippen LogP contribution in [0.2, 0.25) is 0 Å². The minimum Gasteiger partial charge on any atom is -0.508 e. The number of phenolic OH excluding ortho intramolecular Hbond substituents is 2. The molecule has 0 radical (unpaired) electrons. The average molecular weight is 275 g/mol. The smallest absolute Gasteiger partial charge is 0.119 e. The highest BCUT2D eigenvalue weighted by atomic mass is 16.3. The normalized spacial score (nSPS) is 12.5. The van der Waals surface area contributed by atoms with Crippen LogP contribution in [-0.4, -0.2) is 27.0 Å². The van der Waals surface area contributed by atoms with Crippen molar-refractivity contribution >= 4 is 0 Å². The summed E-state index contributed by atoms with van der Waals surface area (Å²) in [6.45, 7) is 4.90. The van der Waals surface area contributed by atoms with Crippen LogP contribution in [0.5, 0.6) is 11.5 Å². The van der Waals surface area contributed by atoms with Gasteiger partial charge in [-0.2, -0.15) is 5.10 Å². The van der Waals surface area contributed by atoms with Crippen molar-refractivity contribution in [1.29, 1.82) is 0 Å². The minimum atomic E-state index is 0.0819. The van der Waals surface area contributed by atoms with Crippen LogP contribution in [0.4, 0.5) is 0 Å². The first-order valence-electron chi connectivity index (χ1n) is 6.81. The molecule has 1 atom stereocenters. The summed E-state index contributed by atoms with van der Waals surface area (Å²) in [4.78, 5) is 0. The van der Waals surface area contributed by atoms with E-state index in [-0.39, 0.29) is 17.5 Å². The predicted molar refractivity (Wildman–Crippen MR) is 77.8 cm³/mol. The van der Waals surface area contributed by atoms with Gasteiger partial charge in [0.05, 0.1) is 6.20 Å². The lowest BCUT2D eigenvalue weighted by Gasteiger charge is -2.14. The fourth-order valence-corrected chi connectivity index (χ4v) is 2.21. The largest absolute Gasteiger partial charge is 0.508 e. The van der Waals surface area contributed by atoms with Gasteiger partial charge in [0.1, 0.15) is 11.5 Å². The van der Waals surface area contributed by atoms with Crippen LogP contribution in [-0.2, 0) is 6.42 Å². The topological polar surface area (TPSA) is 81.2 Å². The van der Waals surface area contributed by atoms with Gasteiger partial charge in [-0.1, -0.05) is 0 Å². The van der Waals surface area contributed by atoms with Crippen molar-refractivity contribution in [3.63, 3.8) is 0 Å². The molecular formula is C15H21N3O2. The van der Waals surface area contributed by atoms with Gasteiger partial charge >= 0.3 is 0 Å². The molecule has 0 aliphatic rings. The zero-order valence-corrected chi connectivity index (χ0v) is 11.8. The lowest BCUT2D eigenvalue weighted by atomic mass is 10.1. The SMILES string of the molecule is Cc1[nH]ncc1CCCNC(C)c1cc(O)cc(O)c1. The second kappa shape index (κ2) is 6.43. The Bertz CT molecular complexity index is 546. The van der Waals surface area contributed by atoms with E-state index in [0.717, 1.165) is 30.6 Å². The molecule has 2 rings (SSSR count). The van der Waals surface area contributed by atoms with E-state index >= 15 is 0 Å². The van der Waals surface area contributed by atoms with Gasteiger partial charge in [-0.05, 0) is 56.5 Å². The van der Waals surface area contributed by atoms with Gasteiger partial charge in [0.25, 0.3) is 0 Å². The van der Waals surface area contributed by atoms with E-state index in [0.29, 0.717) is 0 Å². The number of hydrogen-bond acceptors (Lipinski definition) is 4. The summed E-state index contributed by atoms with van der Waals surface area (Å²) in [7, 11) is 0. The molecule has 0 saturated carbocycles. The van der Waals surface area contributed by atoms with Crippen LogP contribution < -0.4 is 5.32 Å². The maximum atomic E-state index is 9.47. The van der Waals surface area contributed by atoms with Gasteiger partial charge in [0.2, 0.25) is 0 Å². The summed E-state index contributed by atoms with van der Waals surface area (Å²) in [6.07, 6.45) is 3.86. The summed E-state index contributed by atoms with van der Waals surface area (Å²) in [6, 6.07) is 4.74. The van der Waals surface area contributed by atoms with Crippen molar-refractivity contribution in [2.45, 2.75) is 32.7 Å². The monoisotopic (exact) mass is 275 g/mol. The fourth-order valence-electron chi connectivity index (χ4n) is 2.21. The Hall–Kier alpha value is -2.01. The van der Waals surface area contributed by atoms with Crippen LogP contribution >= 0.6 is 0 Å². The maximum Gasteiger partial charge on any atom is 0.119 e. The second-order valence-corrected chi connectivity index (χ2v) is 5.08. The molecule has 2 aromatic rings. The Kier molecular flexibility index (Phi) is 4.63. The van der Waals surface area contributed by atoms with Crippen molar-refractivity contribution in [3.05, 3.63) is 41.2 Å². The molecule has 20 heavy (non-hydrogen) atoms. The zero-order valence-electron chi connectivity index (χ0n) is 11.8. The minimum absolute atomic E-state index is 0.0819. The Labute approximate surface area is 118 Å². The molecule has 0 fully saturated rings. The highest BCUT2D eigenvalue weighted by molar-refractivity contribution is 5.37. The Morgan fingerprint density at radius 2 is 1.95 bits per heavy atom. The number of aryl methyl sites for hydroxylation is 2. The summed E-state index contributed by atoms with van der Waals surface area (Å²) >= 11 is 0. The summed E-state index contributed by atoms with van der Waals surface area (Å²) < 4.78 is 0. The zero-order chi connectivity index (χ0) is 14.5. The van der Waals surface area contributed by atoms with E-state index in [9.17, 15) is 10.2 Å². The number of hydrogen-bond donors (Lipinski definition) is 4. The van der Waals surface area contributed by atoms with Gasteiger partial charge in [0, 0.05) is 17.8 Å².